The molecule has 0 unspecified atom stereocenters. The number of likely N-dealkylation sites (tertiary alicyclic amines) is 1. The molecule has 1 amide bonds. The highest BCUT2D eigenvalue weighted by Crippen LogP contribution is 2.29. The molecule has 4 heteroatoms. The molecule has 3 nitrogen and oxygen atoms in total. The van der Waals surface area contributed by atoms with Crippen LogP contribution >= 0.6 is 11.6 Å². The van der Waals surface area contributed by atoms with E-state index in [1.165, 1.54) is 0 Å². The minimum Gasteiger partial charge on any atom is -0.337 e. The van der Waals surface area contributed by atoms with Crippen molar-refractivity contribution in [3.63, 3.8) is 0 Å². The summed E-state index contributed by atoms with van der Waals surface area (Å²) in [7, 11) is 0. The SMILES string of the molecule is CC1(C)CCN(C(=O)c2cc(Cl)ccn2)C1. The summed E-state index contributed by atoms with van der Waals surface area (Å²) in [6, 6.07) is 3.29. The summed E-state index contributed by atoms with van der Waals surface area (Å²) in [5.74, 6) is -0.0203. The number of halogens is 1. The second-order valence-corrected chi connectivity index (χ2v) is 5.44. The largest absolute Gasteiger partial charge is 0.337 e. The molecule has 0 aliphatic carbocycles. The number of carbonyl (C=O) groups excluding carboxylic acids is 1. The monoisotopic (exact) mass is 238 g/mol. The maximum Gasteiger partial charge on any atom is 0.272 e. The Bertz CT molecular complexity index is 417. The van der Waals surface area contributed by atoms with Gasteiger partial charge in [-0.2, -0.15) is 0 Å². The van der Waals surface area contributed by atoms with Crippen LogP contribution in [-0.2, 0) is 0 Å². The van der Waals surface area contributed by atoms with Gasteiger partial charge in [0.15, 0.2) is 0 Å². The smallest absolute Gasteiger partial charge is 0.272 e. The highest BCUT2D eigenvalue weighted by molar-refractivity contribution is 6.30. The van der Waals surface area contributed by atoms with Crippen LogP contribution in [0.4, 0.5) is 0 Å². The number of carbonyl (C=O) groups is 1. The predicted octanol–water partition coefficient (Wildman–Crippen LogP) is 2.61. The van der Waals surface area contributed by atoms with Gasteiger partial charge in [-0.05, 0) is 24.0 Å². The third kappa shape index (κ3) is 2.35. The summed E-state index contributed by atoms with van der Waals surface area (Å²) >= 11 is 5.84. The molecular formula is C12H15ClN2O. The van der Waals surface area contributed by atoms with Gasteiger partial charge >= 0.3 is 0 Å². The van der Waals surface area contributed by atoms with Crippen LogP contribution in [0, 0.1) is 5.41 Å². The van der Waals surface area contributed by atoms with Crippen molar-refractivity contribution in [2.45, 2.75) is 20.3 Å². The fourth-order valence-corrected chi connectivity index (χ4v) is 2.13. The Kier molecular flexibility index (Phi) is 2.89. The first-order chi connectivity index (χ1) is 7.48. The lowest BCUT2D eigenvalue weighted by Crippen LogP contribution is -2.30. The number of amides is 1. The van der Waals surface area contributed by atoms with Crippen LogP contribution in [0.3, 0.4) is 0 Å². The zero-order valence-corrected chi connectivity index (χ0v) is 10.3. The van der Waals surface area contributed by atoms with Crippen molar-refractivity contribution in [1.82, 2.24) is 9.88 Å². The minimum absolute atomic E-state index is 0.0203. The summed E-state index contributed by atoms with van der Waals surface area (Å²) in [6.45, 7) is 5.94. The van der Waals surface area contributed by atoms with Gasteiger partial charge in [0.1, 0.15) is 5.69 Å². The normalized spacial score (nSPS) is 18.8. The summed E-state index contributed by atoms with van der Waals surface area (Å²) in [6.07, 6.45) is 2.61. The third-order valence-electron chi connectivity index (χ3n) is 2.91. The molecule has 0 radical (unpaired) electrons. The molecule has 0 spiro atoms. The van der Waals surface area contributed by atoms with Crippen LogP contribution in [0.25, 0.3) is 0 Å². The Hall–Kier alpha value is -1.09. The Morgan fingerprint density at radius 3 is 2.88 bits per heavy atom. The molecule has 1 aliphatic heterocycles. The first kappa shape index (κ1) is 11.4. The molecule has 0 bridgehead atoms. The topological polar surface area (TPSA) is 33.2 Å². The molecule has 2 heterocycles. The average molecular weight is 239 g/mol. The Morgan fingerprint density at radius 2 is 2.31 bits per heavy atom. The van der Waals surface area contributed by atoms with Crippen LogP contribution < -0.4 is 0 Å². The summed E-state index contributed by atoms with van der Waals surface area (Å²) in [5, 5.41) is 0.553. The minimum atomic E-state index is -0.0203. The summed E-state index contributed by atoms with van der Waals surface area (Å²) in [5.41, 5.74) is 0.652. The molecular weight excluding hydrogens is 224 g/mol. The molecule has 0 N–H and O–H groups in total. The molecule has 0 aromatic carbocycles. The number of nitrogens with zero attached hydrogens (tertiary/aromatic N) is 2. The van der Waals surface area contributed by atoms with Gasteiger partial charge in [-0.15, -0.1) is 0 Å². The summed E-state index contributed by atoms with van der Waals surface area (Å²) < 4.78 is 0. The van der Waals surface area contributed by atoms with Gasteiger partial charge in [0.25, 0.3) is 5.91 Å². The molecule has 2 rings (SSSR count). The lowest BCUT2D eigenvalue weighted by Gasteiger charge is -2.19. The second-order valence-electron chi connectivity index (χ2n) is 5.00. The van der Waals surface area contributed by atoms with Crippen LogP contribution in [0.15, 0.2) is 18.3 Å². The van der Waals surface area contributed by atoms with E-state index in [2.05, 4.69) is 18.8 Å². The molecule has 1 saturated heterocycles. The van der Waals surface area contributed by atoms with E-state index in [4.69, 9.17) is 11.6 Å². The second kappa shape index (κ2) is 4.06. The molecule has 0 saturated carbocycles. The van der Waals surface area contributed by atoms with Gasteiger partial charge in [-0.25, -0.2) is 0 Å². The highest BCUT2D eigenvalue weighted by Gasteiger charge is 2.32. The number of hydrogen-bond acceptors (Lipinski definition) is 2. The number of hydrogen-bond donors (Lipinski definition) is 0. The molecule has 86 valence electrons. The molecule has 1 aromatic heterocycles. The first-order valence-electron chi connectivity index (χ1n) is 5.39. The van der Waals surface area contributed by atoms with Crippen molar-refractivity contribution in [1.29, 1.82) is 0 Å². The van der Waals surface area contributed by atoms with Crippen LogP contribution in [0.1, 0.15) is 30.8 Å². The maximum atomic E-state index is 12.1. The highest BCUT2D eigenvalue weighted by atomic mass is 35.5. The first-order valence-corrected chi connectivity index (χ1v) is 5.77. The number of pyridine rings is 1. The van der Waals surface area contributed by atoms with Crippen molar-refractivity contribution >= 4 is 17.5 Å². The van der Waals surface area contributed by atoms with Gasteiger partial charge in [-0.3, -0.25) is 9.78 Å². The fourth-order valence-electron chi connectivity index (χ4n) is 1.97. The Labute approximate surface area is 100 Å². The number of rotatable bonds is 1. The van der Waals surface area contributed by atoms with Crippen molar-refractivity contribution < 1.29 is 4.79 Å². The van der Waals surface area contributed by atoms with E-state index in [1.807, 2.05) is 4.90 Å². The molecule has 0 atom stereocenters. The molecule has 1 aromatic rings. The predicted molar refractivity (Wildman–Crippen MR) is 63.5 cm³/mol. The van der Waals surface area contributed by atoms with E-state index in [0.717, 1.165) is 19.5 Å². The van der Waals surface area contributed by atoms with E-state index in [9.17, 15) is 4.79 Å². The third-order valence-corrected chi connectivity index (χ3v) is 3.14. The van der Waals surface area contributed by atoms with Crippen molar-refractivity contribution in [2.75, 3.05) is 13.1 Å². The quantitative estimate of drug-likeness (QED) is 0.754. The van der Waals surface area contributed by atoms with Crippen molar-refractivity contribution in [3.8, 4) is 0 Å². The van der Waals surface area contributed by atoms with Crippen LogP contribution in [-0.4, -0.2) is 28.9 Å². The lowest BCUT2D eigenvalue weighted by atomic mass is 9.93. The Morgan fingerprint density at radius 1 is 1.56 bits per heavy atom. The van der Waals surface area contributed by atoms with Crippen molar-refractivity contribution in [3.05, 3.63) is 29.0 Å². The van der Waals surface area contributed by atoms with Gasteiger partial charge in [0, 0.05) is 24.3 Å². The van der Waals surface area contributed by atoms with Crippen LogP contribution in [0.2, 0.25) is 5.02 Å². The van der Waals surface area contributed by atoms with E-state index >= 15 is 0 Å². The van der Waals surface area contributed by atoms with Gasteiger partial charge in [-0.1, -0.05) is 25.4 Å². The van der Waals surface area contributed by atoms with E-state index in [-0.39, 0.29) is 11.3 Å². The van der Waals surface area contributed by atoms with E-state index < -0.39 is 0 Å². The molecule has 1 fully saturated rings. The van der Waals surface area contributed by atoms with Gasteiger partial charge in [0.05, 0.1) is 0 Å². The average Bonchev–Trinajstić information content (AvgIpc) is 2.58. The Balaban J connectivity index is 2.15. The van der Waals surface area contributed by atoms with E-state index in [1.54, 1.807) is 18.3 Å². The zero-order chi connectivity index (χ0) is 11.8. The van der Waals surface area contributed by atoms with Gasteiger partial charge < -0.3 is 4.90 Å². The molecule has 16 heavy (non-hydrogen) atoms. The zero-order valence-electron chi connectivity index (χ0n) is 9.53. The lowest BCUT2D eigenvalue weighted by molar-refractivity contribution is 0.0772. The van der Waals surface area contributed by atoms with E-state index in [0.29, 0.717) is 10.7 Å². The molecule has 1 aliphatic rings. The maximum absolute atomic E-state index is 12.1. The number of aromatic nitrogens is 1. The van der Waals surface area contributed by atoms with Gasteiger partial charge in [0.2, 0.25) is 0 Å². The van der Waals surface area contributed by atoms with Crippen LogP contribution in [0.5, 0.6) is 0 Å². The standard InChI is InChI=1S/C12H15ClN2O/c1-12(2)4-6-15(8-12)11(16)10-7-9(13)3-5-14-10/h3,5,7H,4,6,8H2,1-2H3. The fraction of sp³-hybridized carbons (Fsp3) is 0.500. The van der Waals surface area contributed by atoms with Crippen molar-refractivity contribution in [2.24, 2.45) is 5.41 Å². The summed E-state index contributed by atoms with van der Waals surface area (Å²) in [4.78, 5) is 18.0.